The smallest absolute Gasteiger partial charge is 0.231 e. The van der Waals surface area contributed by atoms with Crippen LogP contribution in [-0.4, -0.2) is 52.6 Å². The summed E-state index contributed by atoms with van der Waals surface area (Å²) in [7, 11) is 0. The van der Waals surface area contributed by atoms with E-state index in [-0.39, 0.29) is 0 Å². The maximum atomic E-state index is 4.56. The van der Waals surface area contributed by atoms with Gasteiger partial charge in [-0.3, -0.25) is 0 Å². The van der Waals surface area contributed by atoms with Crippen LogP contribution in [0.2, 0.25) is 0 Å². The molecule has 118 valence electrons. The van der Waals surface area contributed by atoms with Gasteiger partial charge < -0.3 is 15.5 Å². The Morgan fingerprint density at radius 1 is 1.10 bits per heavy atom. The van der Waals surface area contributed by atoms with Crippen molar-refractivity contribution in [1.82, 2.24) is 15.0 Å². The van der Waals surface area contributed by atoms with Gasteiger partial charge in [-0.15, -0.1) is 0 Å². The van der Waals surface area contributed by atoms with E-state index in [4.69, 9.17) is 0 Å². The molecule has 0 spiro atoms. The van der Waals surface area contributed by atoms with Crippen LogP contribution in [0.15, 0.2) is 0 Å². The largest absolute Gasteiger partial charge is 0.354 e. The topological polar surface area (TPSA) is 66.0 Å². The van der Waals surface area contributed by atoms with E-state index in [9.17, 15) is 0 Å². The average molecular weight is 310 g/mol. The molecule has 1 fully saturated rings. The molecule has 0 saturated carbocycles. The zero-order valence-corrected chi connectivity index (χ0v) is 14.0. The highest BCUT2D eigenvalue weighted by atomic mass is 32.2. The molecule has 0 bridgehead atoms. The molecule has 21 heavy (non-hydrogen) atoms. The van der Waals surface area contributed by atoms with E-state index in [1.54, 1.807) is 0 Å². The number of nitrogens with one attached hydrogen (secondary N) is 2. The van der Waals surface area contributed by atoms with Gasteiger partial charge in [0.1, 0.15) is 0 Å². The van der Waals surface area contributed by atoms with Crippen LogP contribution < -0.4 is 15.5 Å². The molecular formula is C14H26N6S. The Morgan fingerprint density at radius 3 is 2.38 bits per heavy atom. The molecule has 0 aliphatic carbocycles. The lowest BCUT2D eigenvalue weighted by Gasteiger charge is -2.20. The first kappa shape index (κ1) is 16.1. The third-order valence-corrected chi connectivity index (χ3v) is 4.81. The normalized spacial score (nSPS) is 17.8. The van der Waals surface area contributed by atoms with Crippen molar-refractivity contribution in [2.75, 3.05) is 53.2 Å². The molecule has 2 N–H and O–H groups in total. The van der Waals surface area contributed by atoms with E-state index in [0.717, 1.165) is 38.0 Å². The minimum Gasteiger partial charge on any atom is -0.354 e. The van der Waals surface area contributed by atoms with Gasteiger partial charge in [-0.2, -0.15) is 26.7 Å². The monoisotopic (exact) mass is 310 g/mol. The van der Waals surface area contributed by atoms with Gasteiger partial charge >= 0.3 is 0 Å². The standard InChI is InChI=1S/C14H26N6S/c1-4-15-12-17-13(16-9-11-7-8-21-10-11)19-14(18-12)20(5-2)6-3/h11H,4-10H2,1-3H3,(H2,15,16,17,18,19). The molecule has 7 heteroatoms. The molecule has 2 heterocycles. The second-order valence-corrected chi connectivity index (χ2v) is 6.25. The maximum absolute atomic E-state index is 4.56. The zero-order valence-electron chi connectivity index (χ0n) is 13.2. The van der Waals surface area contributed by atoms with Crippen LogP contribution in [0.4, 0.5) is 17.8 Å². The van der Waals surface area contributed by atoms with Crippen molar-refractivity contribution in [2.45, 2.75) is 27.2 Å². The third kappa shape index (κ3) is 4.62. The molecule has 1 aromatic heterocycles. The molecule has 1 atom stereocenters. The number of thioether (sulfide) groups is 1. The first-order chi connectivity index (χ1) is 10.3. The predicted octanol–water partition coefficient (Wildman–Crippen LogP) is 2.31. The number of hydrogen-bond donors (Lipinski definition) is 2. The molecular weight excluding hydrogens is 284 g/mol. The van der Waals surface area contributed by atoms with Gasteiger partial charge in [0.2, 0.25) is 17.8 Å². The molecule has 1 aliphatic rings. The van der Waals surface area contributed by atoms with Crippen LogP contribution in [0, 0.1) is 5.92 Å². The molecule has 1 saturated heterocycles. The molecule has 6 nitrogen and oxygen atoms in total. The molecule has 2 rings (SSSR count). The summed E-state index contributed by atoms with van der Waals surface area (Å²) in [6.07, 6.45) is 1.28. The molecule has 1 aliphatic heterocycles. The van der Waals surface area contributed by atoms with E-state index in [1.807, 2.05) is 18.7 Å². The van der Waals surface area contributed by atoms with Gasteiger partial charge in [0.05, 0.1) is 0 Å². The second kappa shape index (κ2) is 8.26. The summed E-state index contributed by atoms with van der Waals surface area (Å²) in [5, 5.41) is 6.57. The molecule has 0 radical (unpaired) electrons. The first-order valence-corrected chi connectivity index (χ1v) is 8.98. The lowest BCUT2D eigenvalue weighted by atomic mass is 10.1. The fourth-order valence-corrected chi connectivity index (χ4v) is 3.59. The van der Waals surface area contributed by atoms with Crippen molar-refractivity contribution in [2.24, 2.45) is 5.92 Å². The number of nitrogens with zero attached hydrogens (tertiary/aromatic N) is 4. The Morgan fingerprint density at radius 2 is 1.81 bits per heavy atom. The van der Waals surface area contributed by atoms with Crippen molar-refractivity contribution >= 4 is 29.6 Å². The molecule has 1 unspecified atom stereocenters. The lowest BCUT2D eigenvalue weighted by Crippen LogP contribution is -2.26. The van der Waals surface area contributed by atoms with E-state index >= 15 is 0 Å². The minimum absolute atomic E-state index is 0.651. The third-order valence-electron chi connectivity index (χ3n) is 3.58. The van der Waals surface area contributed by atoms with Crippen molar-refractivity contribution in [3.8, 4) is 0 Å². The Bertz CT molecular complexity index is 431. The SMILES string of the molecule is CCNc1nc(NCC2CCSC2)nc(N(CC)CC)n1. The van der Waals surface area contributed by atoms with Crippen molar-refractivity contribution < 1.29 is 0 Å². The number of aromatic nitrogens is 3. The van der Waals surface area contributed by atoms with Crippen LogP contribution >= 0.6 is 11.8 Å². The summed E-state index contributed by atoms with van der Waals surface area (Å²) in [4.78, 5) is 15.7. The minimum atomic E-state index is 0.651. The van der Waals surface area contributed by atoms with E-state index < -0.39 is 0 Å². The van der Waals surface area contributed by atoms with Crippen molar-refractivity contribution in [3.63, 3.8) is 0 Å². The van der Waals surface area contributed by atoms with Gasteiger partial charge in [0.25, 0.3) is 0 Å². The lowest BCUT2D eigenvalue weighted by molar-refractivity contribution is 0.628. The van der Waals surface area contributed by atoms with Crippen molar-refractivity contribution in [3.05, 3.63) is 0 Å². The van der Waals surface area contributed by atoms with E-state index in [0.29, 0.717) is 11.9 Å². The Labute approximate surface area is 131 Å². The second-order valence-electron chi connectivity index (χ2n) is 5.10. The van der Waals surface area contributed by atoms with Crippen LogP contribution in [0.25, 0.3) is 0 Å². The van der Waals surface area contributed by atoms with Gasteiger partial charge in [0.15, 0.2) is 0 Å². The highest BCUT2D eigenvalue weighted by Gasteiger charge is 2.16. The highest BCUT2D eigenvalue weighted by molar-refractivity contribution is 7.99. The number of anilines is 3. The van der Waals surface area contributed by atoms with Crippen LogP contribution in [0.1, 0.15) is 27.2 Å². The van der Waals surface area contributed by atoms with Crippen molar-refractivity contribution in [1.29, 1.82) is 0 Å². The summed E-state index contributed by atoms with van der Waals surface area (Å²) in [5.74, 6) is 5.32. The summed E-state index contributed by atoms with van der Waals surface area (Å²) in [6, 6.07) is 0. The summed E-state index contributed by atoms with van der Waals surface area (Å²) >= 11 is 2.03. The molecule has 0 amide bonds. The maximum Gasteiger partial charge on any atom is 0.231 e. The van der Waals surface area contributed by atoms with Gasteiger partial charge in [-0.1, -0.05) is 0 Å². The van der Waals surface area contributed by atoms with E-state index in [1.165, 1.54) is 17.9 Å². The fourth-order valence-electron chi connectivity index (χ4n) is 2.31. The van der Waals surface area contributed by atoms with Crippen LogP contribution in [0.3, 0.4) is 0 Å². The highest BCUT2D eigenvalue weighted by Crippen LogP contribution is 2.23. The molecule has 1 aromatic rings. The summed E-state index contributed by atoms with van der Waals surface area (Å²) < 4.78 is 0. The Balaban J connectivity index is 2.09. The van der Waals surface area contributed by atoms with Gasteiger partial charge in [-0.05, 0) is 44.6 Å². The molecule has 0 aromatic carbocycles. The first-order valence-electron chi connectivity index (χ1n) is 7.83. The van der Waals surface area contributed by atoms with Crippen LogP contribution in [0.5, 0.6) is 0 Å². The van der Waals surface area contributed by atoms with Gasteiger partial charge in [0, 0.05) is 26.2 Å². The zero-order chi connectivity index (χ0) is 15.1. The Hall–Kier alpha value is -1.24. The number of hydrogen-bond acceptors (Lipinski definition) is 7. The van der Waals surface area contributed by atoms with Crippen LogP contribution in [-0.2, 0) is 0 Å². The predicted molar refractivity (Wildman–Crippen MR) is 91.5 cm³/mol. The number of rotatable bonds is 8. The fraction of sp³-hybridized carbons (Fsp3) is 0.786. The Kier molecular flexibility index (Phi) is 6.35. The van der Waals surface area contributed by atoms with Gasteiger partial charge in [-0.25, -0.2) is 0 Å². The summed E-state index contributed by atoms with van der Waals surface area (Å²) in [5.41, 5.74) is 0. The average Bonchev–Trinajstić information content (AvgIpc) is 3.00. The quantitative estimate of drug-likeness (QED) is 0.764. The van der Waals surface area contributed by atoms with E-state index in [2.05, 4.69) is 44.3 Å². The summed E-state index contributed by atoms with van der Waals surface area (Å²) in [6.45, 7) is 9.81.